The van der Waals surface area contributed by atoms with Crippen molar-refractivity contribution in [3.8, 4) is 0 Å². The molecule has 0 spiro atoms. The second-order valence-corrected chi connectivity index (χ2v) is 5.84. The highest BCUT2D eigenvalue weighted by Crippen LogP contribution is 2.35. The fraction of sp³-hybridized carbons (Fsp3) is 0.562. The molecule has 0 N–H and O–H groups in total. The van der Waals surface area contributed by atoms with Crippen LogP contribution >= 0.6 is 0 Å². The molecule has 0 heterocycles. The van der Waals surface area contributed by atoms with Crippen molar-refractivity contribution >= 4 is 6.29 Å². The number of nitrogens with zero attached hydrogens (tertiary/aromatic N) is 1. The summed E-state index contributed by atoms with van der Waals surface area (Å²) in [5.74, 6) is -0.200. The molecule has 1 saturated carbocycles. The molecule has 1 aromatic rings. The Morgan fingerprint density at radius 3 is 2.68 bits per heavy atom. The Morgan fingerprint density at radius 1 is 1.32 bits per heavy atom. The van der Waals surface area contributed by atoms with Gasteiger partial charge in [0.25, 0.3) is 0 Å². The third-order valence-electron chi connectivity index (χ3n) is 4.03. The Labute approximate surface area is 114 Å². The van der Waals surface area contributed by atoms with Crippen molar-refractivity contribution in [1.29, 1.82) is 0 Å². The van der Waals surface area contributed by atoms with Crippen LogP contribution in [0, 0.1) is 11.2 Å². The molecule has 0 bridgehead atoms. The van der Waals surface area contributed by atoms with E-state index in [1.165, 1.54) is 12.5 Å². The lowest BCUT2D eigenvalue weighted by molar-refractivity contribution is -0.119. The molecule has 0 atom stereocenters. The third-order valence-corrected chi connectivity index (χ3v) is 4.03. The number of rotatable bonds is 5. The molecule has 2 rings (SSSR count). The van der Waals surface area contributed by atoms with E-state index in [4.69, 9.17) is 0 Å². The van der Waals surface area contributed by atoms with Crippen LogP contribution < -0.4 is 0 Å². The lowest BCUT2D eigenvalue weighted by Crippen LogP contribution is -2.38. The van der Waals surface area contributed by atoms with Crippen LogP contribution in [-0.4, -0.2) is 24.8 Å². The van der Waals surface area contributed by atoms with E-state index in [1.54, 1.807) is 12.1 Å². The topological polar surface area (TPSA) is 20.3 Å². The normalized spacial score (nSPS) is 18.5. The van der Waals surface area contributed by atoms with Crippen molar-refractivity contribution in [2.75, 3.05) is 13.6 Å². The minimum absolute atomic E-state index is 0.180. The first-order valence-electron chi connectivity index (χ1n) is 7.03. The van der Waals surface area contributed by atoms with Gasteiger partial charge in [0.05, 0.1) is 0 Å². The number of hydrogen-bond donors (Lipinski definition) is 0. The number of carbonyl (C=O) groups excluding carboxylic acids is 1. The summed E-state index contributed by atoms with van der Waals surface area (Å²) < 4.78 is 13.1. The number of aldehydes is 1. The molecule has 2 nitrogen and oxygen atoms in total. The number of halogens is 1. The maximum Gasteiger partial charge on any atom is 0.127 e. The van der Waals surface area contributed by atoms with Crippen molar-refractivity contribution in [2.45, 2.75) is 38.6 Å². The van der Waals surface area contributed by atoms with Gasteiger partial charge in [0.15, 0.2) is 0 Å². The highest BCUT2D eigenvalue weighted by Gasteiger charge is 2.32. The lowest BCUT2D eigenvalue weighted by Gasteiger charge is -2.35. The minimum atomic E-state index is -0.200. The monoisotopic (exact) mass is 263 g/mol. The molecule has 1 aromatic carbocycles. The Kier molecular flexibility index (Phi) is 4.70. The molecule has 0 unspecified atom stereocenters. The standard InChI is InChI=1S/C16H22FNO/c1-18(11-14-6-5-7-15(17)10-14)12-16(13-19)8-3-2-4-9-16/h5-7,10,13H,2-4,8-9,11-12H2,1H3. The van der Waals surface area contributed by atoms with Crippen LogP contribution in [0.4, 0.5) is 4.39 Å². The zero-order valence-electron chi connectivity index (χ0n) is 11.6. The summed E-state index contributed by atoms with van der Waals surface area (Å²) in [5.41, 5.74) is 0.778. The Bertz CT molecular complexity index is 427. The smallest absolute Gasteiger partial charge is 0.127 e. The van der Waals surface area contributed by atoms with Crippen molar-refractivity contribution in [3.63, 3.8) is 0 Å². The van der Waals surface area contributed by atoms with Crippen LogP contribution in [0.2, 0.25) is 0 Å². The first-order chi connectivity index (χ1) is 9.13. The molecule has 0 saturated heterocycles. The first-order valence-corrected chi connectivity index (χ1v) is 7.03. The molecule has 0 aromatic heterocycles. The van der Waals surface area contributed by atoms with E-state index in [0.29, 0.717) is 6.54 Å². The van der Waals surface area contributed by atoms with Gasteiger partial charge in [-0.05, 0) is 37.6 Å². The van der Waals surface area contributed by atoms with Gasteiger partial charge in [-0.1, -0.05) is 31.4 Å². The Morgan fingerprint density at radius 2 is 2.05 bits per heavy atom. The Hall–Kier alpha value is -1.22. The van der Waals surface area contributed by atoms with E-state index in [1.807, 2.05) is 13.1 Å². The minimum Gasteiger partial charge on any atom is -0.303 e. The van der Waals surface area contributed by atoms with E-state index >= 15 is 0 Å². The van der Waals surface area contributed by atoms with Crippen LogP contribution in [0.1, 0.15) is 37.7 Å². The average Bonchev–Trinajstić information content (AvgIpc) is 2.39. The van der Waals surface area contributed by atoms with Gasteiger partial charge in [-0.2, -0.15) is 0 Å². The van der Waals surface area contributed by atoms with Crippen molar-refractivity contribution in [1.82, 2.24) is 4.90 Å². The van der Waals surface area contributed by atoms with Gasteiger partial charge in [-0.25, -0.2) is 4.39 Å². The lowest BCUT2D eigenvalue weighted by atomic mass is 9.75. The SMILES string of the molecule is CN(Cc1cccc(F)c1)CC1(C=O)CCCCC1. The molecule has 3 heteroatoms. The fourth-order valence-electron chi connectivity index (χ4n) is 3.11. The number of benzene rings is 1. The number of carbonyl (C=O) groups is 1. The van der Waals surface area contributed by atoms with Gasteiger partial charge in [-0.15, -0.1) is 0 Å². The quantitative estimate of drug-likeness (QED) is 0.759. The summed E-state index contributed by atoms with van der Waals surface area (Å²) in [5, 5.41) is 0. The van der Waals surface area contributed by atoms with E-state index in [2.05, 4.69) is 4.90 Å². The predicted molar refractivity (Wildman–Crippen MR) is 74.3 cm³/mol. The summed E-state index contributed by atoms with van der Waals surface area (Å²) in [6.45, 7) is 1.46. The van der Waals surface area contributed by atoms with Crippen molar-refractivity contribution < 1.29 is 9.18 Å². The van der Waals surface area contributed by atoms with Gasteiger partial charge < -0.3 is 9.69 Å². The highest BCUT2D eigenvalue weighted by atomic mass is 19.1. The first kappa shape index (κ1) is 14.2. The average molecular weight is 263 g/mol. The molecule has 1 fully saturated rings. The van der Waals surface area contributed by atoms with Crippen LogP contribution in [-0.2, 0) is 11.3 Å². The van der Waals surface area contributed by atoms with Crippen LogP contribution in [0.25, 0.3) is 0 Å². The molecule has 0 aliphatic heterocycles. The summed E-state index contributed by atoms with van der Waals surface area (Å²) in [6.07, 6.45) is 6.66. The maximum atomic E-state index is 13.1. The van der Waals surface area contributed by atoms with Crippen molar-refractivity contribution in [3.05, 3.63) is 35.6 Å². The zero-order valence-corrected chi connectivity index (χ0v) is 11.6. The van der Waals surface area contributed by atoms with E-state index in [0.717, 1.165) is 44.1 Å². The van der Waals surface area contributed by atoms with Gasteiger partial charge in [0.2, 0.25) is 0 Å². The molecule has 1 aliphatic rings. The van der Waals surface area contributed by atoms with Crippen molar-refractivity contribution in [2.24, 2.45) is 5.41 Å². The largest absolute Gasteiger partial charge is 0.303 e. The number of hydrogen-bond acceptors (Lipinski definition) is 2. The summed E-state index contributed by atoms with van der Waals surface area (Å²) in [7, 11) is 2.00. The Balaban J connectivity index is 1.96. The second kappa shape index (κ2) is 6.29. The van der Waals surface area contributed by atoms with Gasteiger partial charge >= 0.3 is 0 Å². The molecule has 0 amide bonds. The summed E-state index contributed by atoms with van der Waals surface area (Å²) >= 11 is 0. The van der Waals surface area contributed by atoms with Crippen LogP contribution in [0.5, 0.6) is 0 Å². The zero-order chi connectivity index (χ0) is 13.7. The van der Waals surface area contributed by atoms with Crippen LogP contribution in [0.15, 0.2) is 24.3 Å². The summed E-state index contributed by atoms with van der Waals surface area (Å²) in [6, 6.07) is 6.67. The molecular formula is C16H22FNO. The van der Waals surface area contributed by atoms with E-state index < -0.39 is 0 Å². The summed E-state index contributed by atoms with van der Waals surface area (Å²) in [4.78, 5) is 13.6. The molecule has 1 aliphatic carbocycles. The third kappa shape index (κ3) is 3.87. The highest BCUT2D eigenvalue weighted by molar-refractivity contribution is 5.60. The molecule has 104 valence electrons. The van der Waals surface area contributed by atoms with E-state index in [-0.39, 0.29) is 11.2 Å². The van der Waals surface area contributed by atoms with Gasteiger partial charge in [0.1, 0.15) is 12.1 Å². The fourth-order valence-corrected chi connectivity index (χ4v) is 3.11. The maximum absolute atomic E-state index is 13.1. The predicted octanol–water partition coefficient (Wildman–Crippen LogP) is 3.41. The molecule has 0 radical (unpaired) electrons. The van der Waals surface area contributed by atoms with Gasteiger partial charge in [-0.3, -0.25) is 0 Å². The second-order valence-electron chi connectivity index (χ2n) is 5.84. The van der Waals surface area contributed by atoms with E-state index in [9.17, 15) is 9.18 Å². The van der Waals surface area contributed by atoms with Crippen LogP contribution in [0.3, 0.4) is 0 Å². The van der Waals surface area contributed by atoms with Gasteiger partial charge in [0, 0.05) is 18.5 Å². The molecular weight excluding hydrogens is 241 g/mol. The molecule has 19 heavy (non-hydrogen) atoms.